The molecule has 20 heavy (non-hydrogen) atoms. The summed E-state index contributed by atoms with van der Waals surface area (Å²) in [6, 6.07) is 9.87. The molecule has 2 aromatic rings. The first-order chi connectivity index (χ1) is 9.67. The van der Waals surface area contributed by atoms with Crippen molar-refractivity contribution in [1.82, 2.24) is 0 Å². The first-order valence-electron chi connectivity index (χ1n) is 6.66. The van der Waals surface area contributed by atoms with E-state index in [0.717, 1.165) is 40.2 Å². The molecule has 1 aliphatic rings. The van der Waals surface area contributed by atoms with Crippen LogP contribution < -0.4 is 4.74 Å². The number of ketones is 1. The van der Waals surface area contributed by atoms with E-state index < -0.39 is 0 Å². The molecule has 0 unspecified atom stereocenters. The fraction of sp³-hybridized carbons (Fsp3) is 0.235. The lowest BCUT2D eigenvalue weighted by molar-refractivity contribution is 0.102. The molecule has 0 aliphatic heterocycles. The first-order valence-corrected chi connectivity index (χ1v) is 7.47. The zero-order chi connectivity index (χ0) is 14.1. The van der Waals surface area contributed by atoms with E-state index in [1.165, 1.54) is 4.88 Å². The average molecular weight is 284 g/mol. The standard InChI is InChI=1S/C17H16O2S/c1-11-3-7-15(20-11)10-13-5-4-12-9-14(19-2)6-8-16(12)17(13)18/h3,6-10H,4-5H2,1-2H3/b13-10-. The van der Waals surface area contributed by atoms with Crippen LogP contribution in [0.25, 0.3) is 6.08 Å². The number of carbonyl (C=O) groups is 1. The van der Waals surface area contributed by atoms with Gasteiger partial charge >= 0.3 is 0 Å². The molecule has 1 aromatic heterocycles. The molecule has 102 valence electrons. The number of Topliss-reactive ketones (excluding diaryl/α,β-unsaturated/α-hetero) is 1. The molecule has 3 rings (SSSR count). The Morgan fingerprint density at radius 2 is 2.05 bits per heavy atom. The van der Waals surface area contributed by atoms with Crippen LogP contribution in [0.3, 0.4) is 0 Å². The predicted octanol–water partition coefficient (Wildman–Crippen LogP) is 4.28. The quantitative estimate of drug-likeness (QED) is 0.769. The number of allylic oxidation sites excluding steroid dienone is 1. The van der Waals surface area contributed by atoms with Crippen LogP contribution in [0, 0.1) is 6.92 Å². The number of thiophene rings is 1. The van der Waals surface area contributed by atoms with E-state index in [2.05, 4.69) is 19.1 Å². The molecule has 0 amide bonds. The third-order valence-corrected chi connectivity index (χ3v) is 4.54. The van der Waals surface area contributed by atoms with Crippen LogP contribution in [-0.4, -0.2) is 12.9 Å². The number of fused-ring (bicyclic) bond motifs is 1. The van der Waals surface area contributed by atoms with Gasteiger partial charge in [-0.05, 0) is 61.7 Å². The molecular weight excluding hydrogens is 268 g/mol. The monoisotopic (exact) mass is 284 g/mol. The normalized spacial score (nSPS) is 16.3. The molecule has 0 saturated carbocycles. The topological polar surface area (TPSA) is 26.3 Å². The highest BCUT2D eigenvalue weighted by Gasteiger charge is 2.22. The average Bonchev–Trinajstić information content (AvgIpc) is 2.87. The van der Waals surface area contributed by atoms with Crippen molar-refractivity contribution in [3.63, 3.8) is 0 Å². The Labute approximate surface area is 122 Å². The van der Waals surface area contributed by atoms with E-state index in [0.29, 0.717) is 0 Å². The molecule has 3 heteroatoms. The van der Waals surface area contributed by atoms with Crippen molar-refractivity contribution >= 4 is 23.2 Å². The van der Waals surface area contributed by atoms with Crippen LogP contribution >= 0.6 is 11.3 Å². The SMILES string of the molecule is COc1ccc2c(c1)CC/C(=C/c1ccc(C)s1)C2=O. The van der Waals surface area contributed by atoms with Gasteiger partial charge in [-0.25, -0.2) is 0 Å². The van der Waals surface area contributed by atoms with Crippen molar-refractivity contribution < 1.29 is 9.53 Å². The highest BCUT2D eigenvalue weighted by Crippen LogP contribution is 2.30. The number of hydrogen-bond donors (Lipinski definition) is 0. The van der Waals surface area contributed by atoms with Crippen LogP contribution in [0.1, 0.15) is 32.1 Å². The summed E-state index contributed by atoms with van der Waals surface area (Å²) < 4.78 is 5.22. The van der Waals surface area contributed by atoms with Crippen LogP contribution in [0.4, 0.5) is 0 Å². The molecule has 0 bridgehead atoms. The van der Waals surface area contributed by atoms with E-state index in [1.807, 2.05) is 24.3 Å². The molecule has 2 nitrogen and oxygen atoms in total. The minimum atomic E-state index is 0.153. The van der Waals surface area contributed by atoms with Gasteiger partial charge in [-0.3, -0.25) is 4.79 Å². The van der Waals surface area contributed by atoms with E-state index >= 15 is 0 Å². The third kappa shape index (κ3) is 2.41. The van der Waals surface area contributed by atoms with Gasteiger partial charge in [-0.15, -0.1) is 11.3 Å². The minimum absolute atomic E-state index is 0.153. The summed E-state index contributed by atoms with van der Waals surface area (Å²) in [5.41, 5.74) is 2.81. The summed E-state index contributed by atoms with van der Waals surface area (Å²) in [4.78, 5) is 14.9. The molecule has 0 radical (unpaired) electrons. The molecule has 0 atom stereocenters. The fourth-order valence-corrected chi connectivity index (χ4v) is 3.37. The zero-order valence-corrected chi connectivity index (χ0v) is 12.4. The summed E-state index contributed by atoms with van der Waals surface area (Å²) >= 11 is 1.72. The predicted molar refractivity (Wildman–Crippen MR) is 82.7 cm³/mol. The summed E-state index contributed by atoms with van der Waals surface area (Å²) in [6.45, 7) is 2.08. The number of hydrogen-bond acceptors (Lipinski definition) is 3. The van der Waals surface area contributed by atoms with Gasteiger partial charge in [0.2, 0.25) is 0 Å². The molecule has 0 fully saturated rings. The third-order valence-electron chi connectivity index (χ3n) is 3.59. The lowest BCUT2D eigenvalue weighted by Gasteiger charge is -2.18. The number of carbonyl (C=O) groups excluding carboxylic acids is 1. The van der Waals surface area contributed by atoms with Crippen molar-refractivity contribution in [3.05, 3.63) is 56.8 Å². The van der Waals surface area contributed by atoms with Gasteiger partial charge in [0.05, 0.1) is 7.11 Å². The number of rotatable bonds is 2. The second-order valence-electron chi connectivity index (χ2n) is 4.97. The maximum absolute atomic E-state index is 12.5. The molecule has 1 aromatic carbocycles. The number of benzene rings is 1. The van der Waals surface area contributed by atoms with E-state index in [1.54, 1.807) is 18.4 Å². The van der Waals surface area contributed by atoms with Crippen LogP contribution in [0.15, 0.2) is 35.9 Å². The number of aryl methyl sites for hydroxylation is 2. The Morgan fingerprint density at radius 3 is 2.75 bits per heavy atom. The fourth-order valence-electron chi connectivity index (χ4n) is 2.52. The highest BCUT2D eigenvalue weighted by atomic mass is 32.1. The Morgan fingerprint density at radius 1 is 1.20 bits per heavy atom. The molecular formula is C17H16O2S. The molecule has 0 N–H and O–H groups in total. The first kappa shape index (κ1) is 13.1. The van der Waals surface area contributed by atoms with Crippen LogP contribution in [0.5, 0.6) is 5.75 Å². The van der Waals surface area contributed by atoms with Gasteiger partial charge in [0.15, 0.2) is 5.78 Å². The lowest BCUT2D eigenvalue weighted by atomic mass is 9.86. The van der Waals surface area contributed by atoms with Gasteiger partial charge in [0.25, 0.3) is 0 Å². The van der Waals surface area contributed by atoms with Gasteiger partial charge in [0.1, 0.15) is 5.75 Å². The number of methoxy groups -OCH3 is 1. The Hall–Kier alpha value is -1.87. The second kappa shape index (κ2) is 5.25. The van der Waals surface area contributed by atoms with E-state index in [-0.39, 0.29) is 5.78 Å². The Bertz CT molecular complexity index is 695. The molecule has 1 aliphatic carbocycles. The van der Waals surface area contributed by atoms with E-state index in [4.69, 9.17) is 4.74 Å². The summed E-state index contributed by atoms with van der Waals surface area (Å²) in [6.07, 6.45) is 3.73. The smallest absolute Gasteiger partial charge is 0.189 e. The summed E-state index contributed by atoms with van der Waals surface area (Å²) in [5, 5.41) is 0. The zero-order valence-electron chi connectivity index (χ0n) is 11.6. The second-order valence-corrected chi connectivity index (χ2v) is 6.29. The number of ether oxygens (including phenoxy) is 1. The van der Waals surface area contributed by atoms with Gasteiger partial charge in [-0.1, -0.05) is 0 Å². The molecule has 1 heterocycles. The van der Waals surface area contributed by atoms with Gasteiger partial charge in [-0.2, -0.15) is 0 Å². The minimum Gasteiger partial charge on any atom is -0.497 e. The molecule has 0 spiro atoms. The Balaban J connectivity index is 1.95. The van der Waals surface area contributed by atoms with E-state index in [9.17, 15) is 4.79 Å². The van der Waals surface area contributed by atoms with Crippen LogP contribution in [-0.2, 0) is 6.42 Å². The Kier molecular flexibility index (Phi) is 3.45. The largest absolute Gasteiger partial charge is 0.497 e. The maximum atomic E-state index is 12.5. The lowest BCUT2D eigenvalue weighted by Crippen LogP contribution is -2.14. The van der Waals surface area contributed by atoms with Gasteiger partial charge < -0.3 is 4.74 Å². The van der Waals surface area contributed by atoms with Crippen molar-refractivity contribution in [2.45, 2.75) is 19.8 Å². The highest BCUT2D eigenvalue weighted by molar-refractivity contribution is 7.12. The molecule has 0 saturated heterocycles. The van der Waals surface area contributed by atoms with Crippen LogP contribution in [0.2, 0.25) is 0 Å². The van der Waals surface area contributed by atoms with Crippen molar-refractivity contribution in [3.8, 4) is 5.75 Å². The van der Waals surface area contributed by atoms with Crippen molar-refractivity contribution in [1.29, 1.82) is 0 Å². The van der Waals surface area contributed by atoms with Crippen molar-refractivity contribution in [2.24, 2.45) is 0 Å². The van der Waals surface area contributed by atoms with Gasteiger partial charge in [0, 0.05) is 20.9 Å². The summed E-state index contributed by atoms with van der Waals surface area (Å²) in [5.74, 6) is 0.970. The van der Waals surface area contributed by atoms with Crippen molar-refractivity contribution in [2.75, 3.05) is 7.11 Å². The summed E-state index contributed by atoms with van der Waals surface area (Å²) in [7, 11) is 1.65. The maximum Gasteiger partial charge on any atom is 0.189 e.